The minimum Gasteiger partial charge on any atom is -0.456 e. The van der Waals surface area contributed by atoms with E-state index in [0.717, 1.165) is 5.69 Å². The quantitative estimate of drug-likeness (QED) is 0.739. The van der Waals surface area contributed by atoms with Gasteiger partial charge < -0.3 is 4.74 Å². The standard InChI is InChI=1S/C15H9FN4O/c16-14-5-2-6-15(13(14)10-17)21-12-4-1-3-11(9-12)20-8-7-18-19-20/h1-9H. The SMILES string of the molecule is N#Cc1c(F)cccc1Oc1cccc(-n2ccnn2)c1. The number of nitrogens with zero attached hydrogens (tertiary/aromatic N) is 4. The number of halogens is 1. The molecule has 0 aliphatic heterocycles. The average Bonchev–Trinajstić information content (AvgIpc) is 3.02. The van der Waals surface area contributed by atoms with Crippen LogP contribution in [0.15, 0.2) is 54.9 Å². The zero-order valence-electron chi connectivity index (χ0n) is 10.8. The molecule has 3 aromatic rings. The molecule has 0 saturated carbocycles. The number of rotatable bonds is 3. The van der Waals surface area contributed by atoms with Crippen LogP contribution in [0.1, 0.15) is 5.56 Å². The van der Waals surface area contributed by atoms with E-state index >= 15 is 0 Å². The highest BCUT2D eigenvalue weighted by Crippen LogP contribution is 2.27. The molecule has 5 nitrogen and oxygen atoms in total. The van der Waals surface area contributed by atoms with E-state index in [1.165, 1.54) is 12.1 Å². The lowest BCUT2D eigenvalue weighted by atomic mass is 10.2. The van der Waals surface area contributed by atoms with Crippen LogP contribution in [0, 0.1) is 17.1 Å². The molecule has 102 valence electrons. The third-order valence-electron chi connectivity index (χ3n) is 2.82. The van der Waals surface area contributed by atoms with Crippen molar-refractivity contribution in [1.29, 1.82) is 5.26 Å². The average molecular weight is 280 g/mol. The molecule has 0 atom stereocenters. The molecule has 0 radical (unpaired) electrons. The molecule has 1 aromatic heterocycles. The van der Waals surface area contributed by atoms with Crippen molar-refractivity contribution in [2.24, 2.45) is 0 Å². The van der Waals surface area contributed by atoms with Gasteiger partial charge in [0.05, 0.1) is 18.1 Å². The van der Waals surface area contributed by atoms with Gasteiger partial charge in [-0.25, -0.2) is 9.07 Å². The normalized spacial score (nSPS) is 10.1. The Labute approximate surface area is 119 Å². The van der Waals surface area contributed by atoms with E-state index in [4.69, 9.17) is 10.00 Å². The van der Waals surface area contributed by atoms with Crippen molar-refractivity contribution < 1.29 is 9.13 Å². The molecule has 2 aromatic carbocycles. The monoisotopic (exact) mass is 280 g/mol. The summed E-state index contributed by atoms with van der Waals surface area (Å²) >= 11 is 0. The summed E-state index contributed by atoms with van der Waals surface area (Å²) in [6.45, 7) is 0. The van der Waals surface area contributed by atoms with Gasteiger partial charge in [-0.15, -0.1) is 5.10 Å². The summed E-state index contributed by atoms with van der Waals surface area (Å²) in [5.74, 6) is 0.0424. The molecule has 3 rings (SSSR count). The van der Waals surface area contributed by atoms with Gasteiger partial charge in [-0.05, 0) is 24.3 Å². The third-order valence-corrected chi connectivity index (χ3v) is 2.82. The molecule has 0 spiro atoms. The second kappa shape index (κ2) is 5.43. The highest BCUT2D eigenvalue weighted by atomic mass is 19.1. The molecule has 0 amide bonds. The Morgan fingerprint density at radius 1 is 1.19 bits per heavy atom. The number of ether oxygens (including phenoxy) is 1. The van der Waals surface area contributed by atoms with Crippen LogP contribution in [0.25, 0.3) is 5.69 Å². The van der Waals surface area contributed by atoms with Crippen LogP contribution in [-0.4, -0.2) is 15.0 Å². The van der Waals surface area contributed by atoms with Crippen LogP contribution in [0.2, 0.25) is 0 Å². The molecule has 1 heterocycles. The second-order valence-corrected chi connectivity index (χ2v) is 4.17. The van der Waals surface area contributed by atoms with E-state index in [2.05, 4.69) is 10.3 Å². The molecule has 0 aliphatic carbocycles. The van der Waals surface area contributed by atoms with Gasteiger partial charge in [0.25, 0.3) is 0 Å². The fourth-order valence-electron chi connectivity index (χ4n) is 1.86. The Balaban J connectivity index is 1.95. The molecule has 0 bridgehead atoms. The lowest BCUT2D eigenvalue weighted by Gasteiger charge is -2.09. The maximum Gasteiger partial charge on any atom is 0.148 e. The zero-order chi connectivity index (χ0) is 14.7. The van der Waals surface area contributed by atoms with Crippen LogP contribution < -0.4 is 4.74 Å². The fourth-order valence-corrected chi connectivity index (χ4v) is 1.86. The van der Waals surface area contributed by atoms with E-state index in [9.17, 15) is 4.39 Å². The number of benzene rings is 2. The van der Waals surface area contributed by atoms with E-state index in [0.29, 0.717) is 5.75 Å². The highest BCUT2D eigenvalue weighted by molar-refractivity contribution is 5.47. The summed E-state index contributed by atoms with van der Waals surface area (Å²) in [6.07, 6.45) is 3.26. The largest absolute Gasteiger partial charge is 0.456 e. The summed E-state index contributed by atoms with van der Waals surface area (Å²) in [5.41, 5.74) is 0.628. The van der Waals surface area contributed by atoms with Gasteiger partial charge >= 0.3 is 0 Å². The number of hydrogen-bond donors (Lipinski definition) is 0. The van der Waals surface area contributed by atoms with E-state index in [1.54, 1.807) is 47.4 Å². The lowest BCUT2D eigenvalue weighted by Crippen LogP contribution is -1.96. The molecule has 21 heavy (non-hydrogen) atoms. The molecule has 0 unspecified atom stereocenters. The first-order valence-corrected chi connectivity index (χ1v) is 6.11. The number of nitriles is 1. The maximum atomic E-state index is 13.5. The van der Waals surface area contributed by atoms with Crippen molar-refractivity contribution in [2.45, 2.75) is 0 Å². The van der Waals surface area contributed by atoms with Crippen LogP contribution in [0.3, 0.4) is 0 Å². The van der Waals surface area contributed by atoms with Gasteiger partial charge in [-0.1, -0.05) is 17.3 Å². The van der Waals surface area contributed by atoms with Crippen molar-refractivity contribution in [2.75, 3.05) is 0 Å². The van der Waals surface area contributed by atoms with Crippen LogP contribution >= 0.6 is 0 Å². The van der Waals surface area contributed by atoms with Crippen molar-refractivity contribution in [3.63, 3.8) is 0 Å². The van der Waals surface area contributed by atoms with E-state index < -0.39 is 5.82 Å². The Bertz CT molecular complexity index is 809. The minimum atomic E-state index is -0.609. The predicted octanol–water partition coefficient (Wildman–Crippen LogP) is 3.07. The van der Waals surface area contributed by atoms with E-state index in [1.807, 2.05) is 6.07 Å². The summed E-state index contributed by atoms with van der Waals surface area (Å²) in [6, 6.07) is 13.1. The van der Waals surface area contributed by atoms with E-state index in [-0.39, 0.29) is 11.3 Å². The summed E-state index contributed by atoms with van der Waals surface area (Å²) in [5, 5.41) is 16.6. The van der Waals surface area contributed by atoms with Crippen molar-refractivity contribution >= 4 is 0 Å². The van der Waals surface area contributed by atoms with Crippen LogP contribution in [0.4, 0.5) is 4.39 Å². The summed E-state index contributed by atoms with van der Waals surface area (Å²) in [4.78, 5) is 0. The smallest absolute Gasteiger partial charge is 0.148 e. The van der Waals surface area contributed by atoms with Crippen molar-refractivity contribution in [3.8, 4) is 23.3 Å². The Kier molecular flexibility index (Phi) is 3.31. The van der Waals surface area contributed by atoms with Gasteiger partial charge in [0.2, 0.25) is 0 Å². The number of hydrogen-bond acceptors (Lipinski definition) is 4. The molecule has 6 heteroatoms. The highest BCUT2D eigenvalue weighted by Gasteiger charge is 2.10. The van der Waals surface area contributed by atoms with Crippen molar-refractivity contribution in [3.05, 3.63) is 66.2 Å². The first-order chi connectivity index (χ1) is 10.3. The fraction of sp³-hybridized carbons (Fsp3) is 0. The van der Waals surface area contributed by atoms with Gasteiger partial charge in [0, 0.05) is 6.07 Å². The van der Waals surface area contributed by atoms with Gasteiger partial charge in [-0.2, -0.15) is 5.26 Å². The van der Waals surface area contributed by atoms with Crippen LogP contribution in [0.5, 0.6) is 11.5 Å². The molecular weight excluding hydrogens is 271 g/mol. The first kappa shape index (κ1) is 12.8. The maximum absolute atomic E-state index is 13.5. The lowest BCUT2D eigenvalue weighted by molar-refractivity contribution is 0.474. The Hall–Kier alpha value is -3.20. The topological polar surface area (TPSA) is 63.7 Å². The molecule has 0 aliphatic rings. The zero-order valence-corrected chi connectivity index (χ0v) is 10.8. The van der Waals surface area contributed by atoms with Gasteiger partial charge in [-0.3, -0.25) is 0 Å². The van der Waals surface area contributed by atoms with Crippen LogP contribution in [-0.2, 0) is 0 Å². The molecule has 0 saturated heterocycles. The Morgan fingerprint density at radius 3 is 2.81 bits per heavy atom. The predicted molar refractivity (Wildman–Crippen MR) is 72.5 cm³/mol. The van der Waals surface area contributed by atoms with Crippen molar-refractivity contribution in [1.82, 2.24) is 15.0 Å². The second-order valence-electron chi connectivity index (χ2n) is 4.17. The van der Waals surface area contributed by atoms with Gasteiger partial charge in [0.1, 0.15) is 28.9 Å². The number of aromatic nitrogens is 3. The summed E-state index contributed by atoms with van der Waals surface area (Å²) in [7, 11) is 0. The third kappa shape index (κ3) is 2.58. The van der Waals surface area contributed by atoms with Gasteiger partial charge in [0.15, 0.2) is 0 Å². The summed E-state index contributed by atoms with van der Waals surface area (Å²) < 4.78 is 20.7. The first-order valence-electron chi connectivity index (χ1n) is 6.11. The molecular formula is C15H9FN4O. The minimum absolute atomic E-state index is 0.122. The molecule has 0 fully saturated rings. The molecule has 0 N–H and O–H groups in total. The Morgan fingerprint density at radius 2 is 2.05 bits per heavy atom.